The molecule has 2 unspecified atom stereocenters. The number of aromatic nitrogens is 1. The topological polar surface area (TPSA) is 115 Å². The van der Waals surface area contributed by atoms with Crippen molar-refractivity contribution in [3.63, 3.8) is 0 Å². The van der Waals surface area contributed by atoms with E-state index in [1.54, 1.807) is 6.07 Å². The Morgan fingerprint density at radius 2 is 1.74 bits per heavy atom. The van der Waals surface area contributed by atoms with Crippen LogP contribution in [0.1, 0.15) is 29.2 Å². The third-order valence-corrected chi connectivity index (χ3v) is 6.55. The molecular weight excluding hydrogens is 530 g/mol. The zero-order valence-corrected chi connectivity index (χ0v) is 21.4. The number of pyridine rings is 1. The lowest BCUT2D eigenvalue weighted by Crippen LogP contribution is -2.23. The second-order valence-corrected chi connectivity index (χ2v) is 9.25. The number of nitrogens with two attached hydrogens (primary N) is 1. The minimum absolute atomic E-state index is 0.00817. The lowest BCUT2D eigenvalue weighted by molar-refractivity contribution is -0.141. The molecule has 2 atom stereocenters. The molecule has 1 aromatic heterocycles. The number of amides is 1. The number of hydrogen-bond acceptors (Lipinski definition) is 5. The molecule has 0 saturated carbocycles. The zero-order valence-electron chi connectivity index (χ0n) is 20.6. The highest BCUT2D eigenvalue weighted by Crippen LogP contribution is 2.36. The largest absolute Gasteiger partial charge is 0.497 e. The zero-order chi connectivity index (χ0) is 28.2. The van der Waals surface area contributed by atoms with Crippen LogP contribution < -0.4 is 19.5 Å². The standard InChI is InChI=1S/C25H25F4N3O5S/c1-32(38(34)35)21-8-5-15(12-20(21)26)19(24(30)33)7-4-14-6-9-22(25(27,28)29)31-23(14)16-10-17(36-2)13-18(11-16)37-3/h5-6,8-13,19H,4,7H2,1-3H3,(H2,30,33)(H,34,35). The monoisotopic (exact) mass is 555 g/mol. The van der Waals surface area contributed by atoms with Crippen molar-refractivity contribution in [3.05, 3.63) is 71.2 Å². The number of hydrogen-bond donors (Lipinski definition) is 2. The van der Waals surface area contributed by atoms with E-state index >= 15 is 0 Å². The van der Waals surface area contributed by atoms with E-state index in [-0.39, 0.29) is 29.8 Å². The van der Waals surface area contributed by atoms with E-state index < -0.39 is 40.8 Å². The summed E-state index contributed by atoms with van der Waals surface area (Å²) < 4.78 is 86.8. The van der Waals surface area contributed by atoms with Gasteiger partial charge in [-0.1, -0.05) is 12.1 Å². The van der Waals surface area contributed by atoms with Crippen LogP contribution in [0.5, 0.6) is 11.5 Å². The number of ether oxygens (including phenoxy) is 2. The number of halogens is 4. The molecular formula is C25H25F4N3O5S. The molecule has 38 heavy (non-hydrogen) atoms. The highest BCUT2D eigenvalue weighted by Gasteiger charge is 2.33. The number of primary amides is 1. The second-order valence-electron chi connectivity index (χ2n) is 8.24. The van der Waals surface area contributed by atoms with Crippen molar-refractivity contribution in [2.45, 2.75) is 24.9 Å². The maximum atomic E-state index is 14.7. The molecule has 0 fully saturated rings. The molecule has 3 aromatic rings. The minimum Gasteiger partial charge on any atom is -0.497 e. The summed E-state index contributed by atoms with van der Waals surface area (Å²) >= 11 is -2.46. The number of rotatable bonds is 10. The van der Waals surface area contributed by atoms with Crippen LogP contribution in [-0.2, 0) is 28.7 Å². The molecule has 1 heterocycles. The van der Waals surface area contributed by atoms with Crippen molar-refractivity contribution in [1.82, 2.24) is 4.98 Å². The van der Waals surface area contributed by atoms with Gasteiger partial charge < -0.3 is 15.2 Å². The third-order valence-electron chi connectivity index (χ3n) is 5.89. The number of carbonyl (C=O) groups is 1. The average molecular weight is 556 g/mol. The summed E-state index contributed by atoms with van der Waals surface area (Å²) in [5.41, 5.74) is 5.20. The molecule has 1 amide bonds. The first-order valence-electron chi connectivity index (χ1n) is 11.1. The third kappa shape index (κ3) is 6.58. The predicted molar refractivity (Wildman–Crippen MR) is 134 cm³/mol. The first-order chi connectivity index (χ1) is 17.8. The van der Waals surface area contributed by atoms with Crippen LogP contribution in [0.4, 0.5) is 23.2 Å². The van der Waals surface area contributed by atoms with Gasteiger partial charge in [0.05, 0.1) is 31.5 Å². The molecule has 3 rings (SSSR count). The van der Waals surface area contributed by atoms with Crippen LogP contribution in [0.15, 0.2) is 48.5 Å². The number of methoxy groups -OCH3 is 2. The van der Waals surface area contributed by atoms with Crippen LogP contribution in [0.3, 0.4) is 0 Å². The van der Waals surface area contributed by atoms with E-state index in [1.165, 1.54) is 51.6 Å². The van der Waals surface area contributed by atoms with E-state index in [4.69, 9.17) is 15.2 Å². The molecule has 3 N–H and O–H groups in total. The molecule has 0 aliphatic rings. The molecule has 8 nitrogen and oxygen atoms in total. The maximum Gasteiger partial charge on any atom is 0.433 e. The van der Waals surface area contributed by atoms with E-state index in [0.29, 0.717) is 22.6 Å². The normalized spacial score (nSPS) is 13.1. The van der Waals surface area contributed by atoms with Gasteiger partial charge in [0.15, 0.2) is 0 Å². The molecule has 13 heteroatoms. The van der Waals surface area contributed by atoms with Gasteiger partial charge in [-0.2, -0.15) is 13.2 Å². The lowest BCUT2D eigenvalue weighted by Gasteiger charge is -2.19. The van der Waals surface area contributed by atoms with Crippen LogP contribution in [0.25, 0.3) is 11.3 Å². The molecule has 0 aliphatic carbocycles. The SMILES string of the molecule is COc1cc(OC)cc(-c2nc(C(F)(F)F)ccc2CCC(C(N)=O)c2ccc(N(C)S(=O)O)c(F)c2)c1. The summed E-state index contributed by atoms with van der Waals surface area (Å²) in [6, 6.07) is 10.4. The van der Waals surface area contributed by atoms with Crippen molar-refractivity contribution in [3.8, 4) is 22.8 Å². The molecule has 2 aromatic carbocycles. The summed E-state index contributed by atoms with van der Waals surface area (Å²) in [5.74, 6) is -1.95. The summed E-state index contributed by atoms with van der Waals surface area (Å²) in [6.45, 7) is 0. The molecule has 204 valence electrons. The second kappa shape index (κ2) is 11.8. The fourth-order valence-electron chi connectivity index (χ4n) is 3.89. The van der Waals surface area contributed by atoms with Crippen molar-refractivity contribution in [2.24, 2.45) is 5.73 Å². The van der Waals surface area contributed by atoms with Crippen molar-refractivity contribution >= 4 is 22.9 Å². The summed E-state index contributed by atoms with van der Waals surface area (Å²) in [5, 5.41) is 0. The summed E-state index contributed by atoms with van der Waals surface area (Å²) in [7, 11) is 4.01. The highest BCUT2D eigenvalue weighted by atomic mass is 32.2. The number of benzene rings is 2. The van der Waals surface area contributed by atoms with E-state index in [9.17, 15) is 31.1 Å². The van der Waals surface area contributed by atoms with Gasteiger partial charge in [0.1, 0.15) is 23.0 Å². The van der Waals surface area contributed by atoms with Gasteiger partial charge in [-0.25, -0.2) is 13.6 Å². The van der Waals surface area contributed by atoms with Gasteiger partial charge >= 0.3 is 6.18 Å². The molecule has 0 spiro atoms. The number of aryl methyl sites for hydroxylation is 1. The van der Waals surface area contributed by atoms with Gasteiger partial charge in [0.2, 0.25) is 5.91 Å². The fourth-order valence-corrected chi connectivity index (χ4v) is 4.21. The Labute approximate surface area is 218 Å². The smallest absolute Gasteiger partial charge is 0.433 e. The Bertz CT molecular complexity index is 1330. The molecule has 0 saturated heterocycles. The van der Waals surface area contributed by atoms with Gasteiger partial charge in [-0.15, -0.1) is 0 Å². The Balaban J connectivity index is 2.01. The summed E-state index contributed by atoms with van der Waals surface area (Å²) in [4.78, 5) is 16.1. The minimum atomic E-state index is -4.70. The molecule has 0 bridgehead atoms. The van der Waals surface area contributed by atoms with Crippen LogP contribution in [0.2, 0.25) is 0 Å². The Hall–Kier alpha value is -3.71. The Kier molecular flexibility index (Phi) is 8.94. The van der Waals surface area contributed by atoms with Crippen molar-refractivity contribution in [1.29, 1.82) is 0 Å². The van der Waals surface area contributed by atoms with Crippen molar-refractivity contribution in [2.75, 3.05) is 25.6 Å². The van der Waals surface area contributed by atoms with Gasteiger partial charge in [0, 0.05) is 18.7 Å². The van der Waals surface area contributed by atoms with Crippen LogP contribution >= 0.6 is 0 Å². The van der Waals surface area contributed by atoms with Gasteiger partial charge in [-0.05, 0) is 54.3 Å². The molecule has 0 radical (unpaired) electrons. The van der Waals surface area contributed by atoms with Gasteiger partial charge in [0.25, 0.3) is 11.3 Å². The number of carbonyl (C=O) groups excluding carboxylic acids is 1. The Morgan fingerprint density at radius 1 is 1.11 bits per heavy atom. The van der Waals surface area contributed by atoms with E-state index in [1.807, 2.05) is 0 Å². The lowest BCUT2D eigenvalue weighted by atomic mass is 9.90. The van der Waals surface area contributed by atoms with Crippen LogP contribution in [0, 0.1) is 5.82 Å². The molecule has 0 aliphatic heterocycles. The highest BCUT2D eigenvalue weighted by molar-refractivity contribution is 7.80. The van der Waals surface area contributed by atoms with E-state index in [2.05, 4.69) is 4.98 Å². The van der Waals surface area contributed by atoms with Crippen molar-refractivity contribution < 1.29 is 40.6 Å². The fraction of sp³-hybridized carbons (Fsp3) is 0.280. The number of anilines is 1. The van der Waals surface area contributed by atoms with Gasteiger partial charge in [-0.3, -0.25) is 13.7 Å². The predicted octanol–water partition coefficient (Wildman–Crippen LogP) is 4.70. The maximum absolute atomic E-state index is 14.7. The Morgan fingerprint density at radius 3 is 2.24 bits per heavy atom. The first-order valence-corrected chi connectivity index (χ1v) is 12.2. The van der Waals surface area contributed by atoms with Crippen LogP contribution in [-0.4, -0.2) is 40.9 Å². The number of alkyl halides is 3. The quantitative estimate of drug-likeness (QED) is 0.277. The van der Waals surface area contributed by atoms with E-state index in [0.717, 1.165) is 16.4 Å². The average Bonchev–Trinajstić information content (AvgIpc) is 2.87. The summed E-state index contributed by atoms with van der Waals surface area (Å²) in [6.07, 6.45) is -4.61. The number of nitrogens with zero attached hydrogens (tertiary/aromatic N) is 2. The first kappa shape index (κ1) is 28.9.